The molecular weight excluding hydrogens is 254 g/mol. The molecule has 0 unspecified atom stereocenters. The van der Waals surface area contributed by atoms with Gasteiger partial charge in [0, 0.05) is 16.2 Å². The normalized spacial score (nSPS) is 14.0. The molecule has 1 heterocycles. The largest absolute Gasteiger partial charge is 0.475 e. The highest BCUT2D eigenvalue weighted by molar-refractivity contribution is 7.98. The van der Waals surface area contributed by atoms with Crippen LogP contribution in [-0.2, 0) is 10.5 Å². The standard InChI is InChI=1S/C16H15NOS/c1-2-6-13(7-3-1)12-19-15-9-5-4-8-14(15)16-17-10-11-18-16/h1-9H,10-12H2. The van der Waals surface area contributed by atoms with E-state index >= 15 is 0 Å². The van der Waals surface area contributed by atoms with E-state index in [1.54, 1.807) is 0 Å². The Labute approximate surface area is 117 Å². The summed E-state index contributed by atoms with van der Waals surface area (Å²) in [5, 5.41) is 0. The van der Waals surface area contributed by atoms with Gasteiger partial charge in [0.1, 0.15) is 6.61 Å². The van der Waals surface area contributed by atoms with Crippen molar-refractivity contribution < 1.29 is 4.74 Å². The van der Waals surface area contributed by atoms with Gasteiger partial charge in [0.05, 0.1) is 6.54 Å². The first-order chi connectivity index (χ1) is 9.43. The molecule has 0 bridgehead atoms. The fourth-order valence-corrected chi connectivity index (χ4v) is 3.00. The zero-order chi connectivity index (χ0) is 12.9. The maximum absolute atomic E-state index is 5.57. The van der Waals surface area contributed by atoms with Crippen LogP contribution in [0, 0.1) is 0 Å². The van der Waals surface area contributed by atoms with E-state index in [-0.39, 0.29) is 0 Å². The Morgan fingerprint density at radius 3 is 2.58 bits per heavy atom. The monoisotopic (exact) mass is 269 g/mol. The fourth-order valence-electron chi connectivity index (χ4n) is 2.00. The minimum absolute atomic E-state index is 0.701. The molecule has 1 aliphatic heterocycles. The summed E-state index contributed by atoms with van der Waals surface area (Å²) in [4.78, 5) is 5.63. The Morgan fingerprint density at radius 1 is 1.00 bits per heavy atom. The smallest absolute Gasteiger partial charge is 0.217 e. The van der Waals surface area contributed by atoms with Crippen molar-refractivity contribution in [3.8, 4) is 0 Å². The van der Waals surface area contributed by atoms with Gasteiger partial charge in [-0.15, -0.1) is 11.8 Å². The topological polar surface area (TPSA) is 21.6 Å². The van der Waals surface area contributed by atoms with Crippen molar-refractivity contribution >= 4 is 17.7 Å². The van der Waals surface area contributed by atoms with Crippen LogP contribution in [0.4, 0.5) is 0 Å². The molecule has 0 aliphatic carbocycles. The minimum Gasteiger partial charge on any atom is -0.475 e. The van der Waals surface area contributed by atoms with Gasteiger partial charge in [-0.1, -0.05) is 42.5 Å². The fraction of sp³-hybridized carbons (Fsp3) is 0.188. The van der Waals surface area contributed by atoms with Crippen LogP contribution in [0.15, 0.2) is 64.5 Å². The molecule has 0 saturated heterocycles. The maximum atomic E-state index is 5.57. The third-order valence-electron chi connectivity index (χ3n) is 2.94. The number of rotatable bonds is 4. The number of nitrogens with zero attached hydrogens (tertiary/aromatic N) is 1. The zero-order valence-electron chi connectivity index (χ0n) is 10.6. The summed E-state index contributed by atoms with van der Waals surface area (Å²) >= 11 is 1.83. The Balaban J connectivity index is 1.77. The van der Waals surface area contributed by atoms with Crippen LogP contribution in [0.25, 0.3) is 0 Å². The number of thioether (sulfide) groups is 1. The van der Waals surface area contributed by atoms with Crippen LogP contribution in [-0.4, -0.2) is 19.0 Å². The SMILES string of the molecule is c1ccc(CSc2ccccc2C2=NCCO2)cc1. The van der Waals surface area contributed by atoms with E-state index in [9.17, 15) is 0 Å². The first-order valence-corrected chi connectivity index (χ1v) is 7.35. The van der Waals surface area contributed by atoms with Crippen molar-refractivity contribution in [3.63, 3.8) is 0 Å². The summed E-state index contributed by atoms with van der Waals surface area (Å²) in [5.74, 6) is 1.75. The van der Waals surface area contributed by atoms with E-state index in [1.807, 2.05) is 23.9 Å². The van der Waals surface area contributed by atoms with Gasteiger partial charge < -0.3 is 4.74 Å². The van der Waals surface area contributed by atoms with Gasteiger partial charge in [0.25, 0.3) is 0 Å². The van der Waals surface area contributed by atoms with Gasteiger partial charge in [-0.05, 0) is 17.7 Å². The predicted octanol–water partition coefficient (Wildman–Crippen LogP) is 3.76. The van der Waals surface area contributed by atoms with Crippen molar-refractivity contribution in [2.45, 2.75) is 10.6 Å². The second kappa shape index (κ2) is 5.93. The third kappa shape index (κ3) is 2.99. The van der Waals surface area contributed by atoms with Crippen molar-refractivity contribution in [3.05, 3.63) is 65.7 Å². The van der Waals surface area contributed by atoms with E-state index in [4.69, 9.17) is 4.74 Å². The van der Waals surface area contributed by atoms with Crippen LogP contribution in [0.5, 0.6) is 0 Å². The predicted molar refractivity (Wildman–Crippen MR) is 79.8 cm³/mol. The van der Waals surface area contributed by atoms with Gasteiger partial charge in [-0.3, -0.25) is 0 Å². The quantitative estimate of drug-likeness (QED) is 0.788. The molecule has 0 fully saturated rings. The van der Waals surface area contributed by atoms with Gasteiger partial charge in [0.2, 0.25) is 5.90 Å². The van der Waals surface area contributed by atoms with Crippen LogP contribution in [0.3, 0.4) is 0 Å². The maximum Gasteiger partial charge on any atom is 0.217 e. The Morgan fingerprint density at radius 2 is 1.79 bits per heavy atom. The Bertz CT molecular complexity index is 580. The number of benzene rings is 2. The molecule has 2 aromatic rings. The van der Waals surface area contributed by atoms with E-state index < -0.39 is 0 Å². The van der Waals surface area contributed by atoms with Crippen LogP contribution in [0.1, 0.15) is 11.1 Å². The summed E-state index contributed by atoms with van der Waals surface area (Å²) in [7, 11) is 0. The lowest BCUT2D eigenvalue weighted by molar-refractivity contribution is 0.348. The molecule has 0 N–H and O–H groups in total. The Kier molecular flexibility index (Phi) is 3.84. The molecule has 19 heavy (non-hydrogen) atoms. The highest BCUT2D eigenvalue weighted by atomic mass is 32.2. The molecule has 0 radical (unpaired) electrons. The van der Waals surface area contributed by atoms with Crippen molar-refractivity contribution in [1.82, 2.24) is 0 Å². The molecule has 2 nitrogen and oxygen atoms in total. The molecule has 1 aliphatic rings. The average molecular weight is 269 g/mol. The summed E-state index contributed by atoms with van der Waals surface area (Å²) in [6.45, 7) is 1.47. The van der Waals surface area contributed by atoms with E-state index in [0.717, 1.165) is 23.8 Å². The number of ether oxygens (including phenoxy) is 1. The second-order valence-corrected chi connectivity index (χ2v) is 5.32. The number of hydrogen-bond acceptors (Lipinski definition) is 3. The van der Waals surface area contributed by atoms with E-state index in [2.05, 4.69) is 47.5 Å². The lowest BCUT2D eigenvalue weighted by Gasteiger charge is -2.08. The van der Waals surface area contributed by atoms with Crippen LogP contribution < -0.4 is 0 Å². The number of hydrogen-bond donors (Lipinski definition) is 0. The molecule has 0 atom stereocenters. The number of aliphatic imine (C=N–C) groups is 1. The van der Waals surface area contributed by atoms with Gasteiger partial charge in [0.15, 0.2) is 0 Å². The molecule has 3 rings (SSSR count). The lowest BCUT2D eigenvalue weighted by atomic mass is 10.2. The van der Waals surface area contributed by atoms with Gasteiger partial charge >= 0.3 is 0 Å². The molecule has 0 saturated carbocycles. The third-order valence-corrected chi connectivity index (χ3v) is 4.08. The summed E-state index contributed by atoms with van der Waals surface area (Å²) in [6, 6.07) is 18.8. The summed E-state index contributed by atoms with van der Waals surface area (Å²) < 4.78 is 5.57. The molecular formula is C16H15NOS. The molecule has 0 spiro atoms. The highest BCUT2D eigenvalue weighted by Gasteiger charge is 2.14. The van der Waals surface area contributed by atoms with Crippen LogP contribution in [0.2, 0.25) is 0 Å². The van der Waals surface area contributed by atoms with Gasteiger partial charge in [-0.25, -0.2) is 4.99 Å². The van der Waals surface area contributed by atoms with E-state index in [0.29, 0.717) is 6.61 Å². The molecule has 0 aromatic heterocycles. The van der Waals surface area contributed by atoms with Crippen molar-refractivity contribution in [2.75, 3.05) is 13.2 Å². The Hall–Kier alpha value is -1.74. The highest BCUT2D eigenvalue weighted by Crippen LogP contribution is 2.27. The zero-order valence-corrected chi connectivity index (χ0v) is 11.4. The molecule has 2 aromatic carbocycles. The first kappa shape index (κ1) is 12.3. The van der Waals surface area contributed by atoms with E-state index in [1.165, 1.54) is 10.5 Å². The van der Waals surface area contributed by atoms with Crippen LogP contribution >= 0.6 is 11.8 Å². The van der Waals surface area contributed by atoms with Crippen molar-refractivity contribution in [2.24, 2.45) is 4.99 Å². The lowest BCUT2D eigenvalue weighted by Crippen LogP contribution is -2.02. The second-order valence-electron chi connectivity index (χ2n) is 4.31. The summed E-state index contributed by atoms with van der Waals surface area (Å²) in [6.07, 6.45) is 0. The first-order valence-electron chi connectivity index (χ1n) is 6.37. The summed E-state index contributed by atoms with van der Waals surface area (Å²) in [5.41, 5.74) is 2.44. The molecule has 0 amide bonds. The molecule has 96 valence electrons. The minimum atomic E-state index is 0.701. The average Bonchev–Trinajstić information content (AvgIpc) is 3.01. The molecule has 3 heteroatoms. The van der Waals surface area contributed by atoms with Gasteiger partial charge in [-0.2, -0.15) is 0 Å². The van der Waals surface area contributed by atoms with Crippen molar-refractivity contribution in [1.29, 1.82) is 0 Å².